The maximum atomic E-state index is 10.9. The second kappa shape index (κ2) is 17.2. The molecule has 0 aliphatic rings. The Hall–Kier alpha value is -1.20. The number of hydrogen-bond donors (Lipinski definition) is 0. The summed E-state index contributed by atoms with van der Waals surface area (Å²) in [5.41, 5.74) is 1.11. The van der Waals surface area contributed by atoms with Crippen LogP contribution in [-0.2, 0) is 20.1 Å². The quantitative estimate of drug-likeness (QED) is 0.519. The van der Waals surface area contributed by atoms with E-state index in [1.807, 2.05) is 44.4 Å². The first-order valence-electron chi connectivity index (χ1n) is 7.96. The number of aryl methyl sites for hydroxylation is 1. The highest BCUT2D eigenvalue weighted by Crippen LogP contribution is 2.12. The SMILES string of the molecule is CC.CCC(C)OSC.COC(=O)CCc1ccc(OC)cc1. The predicted molar refractivity (Wildman–Crippen MR) is 99.0 cm³/mol. The van der Waals surface area contributed by atoms with E-state index in [1.165, 1.54) is 19.2 Å². The van der Waals surface area contributed by atoms with Crippen molar-refractivity contribution >= 4 is 18.0 Å². The Kier molecular flexibility index (Phi) is 17.9. The fourth-order valence-corrected chi connectivity index (χ4v) is 1.84. The summed E-state index contributed by atoms with van der Waals surface area (Å²) >= 11 is 1.43. The summed E-state index contributed by atoms with van der Waals surface area (Å²) < 4.78 is 14.7. The second-order valence-electron chi connectivity index (χ2n) is 4.41. The smallest absolute Gasteiger partial charge is 0.305 e. The normalized spacial score (nSPS) is 10.4. The summed E-state index contributed by atoms with van der Waals surface area (Å²) in [6.45, 7) is 8.18. The maximum Gasteiger partial charge on any atom is 0.305 e. The lowest BCUT2D eigenvalue weighted by Gasteiger charge is -2.03. The molecule has 1 atom stereocenters. The molecular formula is C18H32O4S. The first-order chi connectivity index (χ1) is 11.1. The van der Waals surface area contributed by atoms with Gasteiger partial charge in [-0.2, -0.15) is 0 Å². The fourth-order valence-electron chi connectivity index (χ4n) is 1.37. The average Bonchev–Trinajstić information content (AvgIpc) is 2.62. The van der Waals surface area contributed by atoms with Crippen molar-refractivity contribution < 1.29 is 18.5 Å². The van der Waals surface area contributed by atoms with Crippen molar-refractivity contribution in [2.24, 2.45) is 0 Å². The van der Waals surface area contributed by atoms with Crippen LogP contribution in [0, 0.1) is 0 Å². The van der Waals surface area contributed by atoms with E-state index in [-0.39, 0.29) is 5.97 Å². The molecule has 0 N–H and O–H groups in total. The van der Waals surface area contributed by atoms with Crippen molar-refractivity contribution in [2.45, 2.75) is 53.1 Å². The van der Waals surface area contributed by atoms with Crippen molar-refractivity contribution in [3.05, 3.63) is 29.8 Å². The van der Waals surface area contributed by atoms with E-state index in [4.69, 9.17) is 8.92 Å². The molecule has 134 valence electrons. The summed E-state index contributed by atoms with van der Waals surface area (Å²) in [4.78, 5) is 10.9. The zero-order valence-electron chi connectivity index (χ0n) is 15.5. The van der Waals surface area contributed by atoms with Gasteiger partial charge in [-0.1, -0.05) is 32.9 Å². The molecule has 0 amide bonds. The van der Waals surface area contributed by atoms with Crippen molar-refractivity contribution in [3.8, 4) is 5.75 Å². The number of methoxy groups -OCH3 is 2. The molecule has 1 unspecified atom stereocenters. The first kappa shape index (κ1) is 24.1. The van der Waals surface area contributed by atoms with Gasteiger partial charge in [0.15, 0.2) is 0 Å². The molecule has 1 aromatic rings. The molecule has 0 radical (unpaired) electrons. The summed E-state index contributed by atoms with van der Waals surface area (Å²) in [5.74, 6) is 0.646. The molecule has 4 nitrogen and oxygen atoms in total. The van der Waals surface area contributed by atoms with Gasteiger partial charge in [0.05, 0.1) is 20.3 Å². The van der Waals surface area contributed by atoms with Crippen molar-refractivity contribution in [3.63, 3.8) is 0 Å². The van der Waals surface area contributed by atoms with E-state index >= 15 is 0 Å². The zero-order chi connectivity index (χ0) is 18.1. The van der Waals surface area contributed by atoms with E-state index in [1.54, 1.807) is 7.11 Å². The van der Waals surface area contributed by atoms with Gasteiger partial charge in [0.1, 0.15) is 5.75 Å². The molecule has 1 rings (SSSR count). The van der Waals surface area contributed by atoms with Gasteiger partial charge >= 0.3 is 5.97 Å². The highest BCUT2D eigenvalue weighted by atomic mass is 32.2. The molecule has 0 aliphatic carbocycles. The van der Waals surface area contributed by atoms with Crippen LogP contribution in [0.2, 0.25) is 0 Å². The van der Waals surface area contributed by atoms with Gasteiger partial charge in [-0.3, -0.25) is 4.79 Å². The van der Waals surface area contributed by atoms with Crippen LogP contribution in [-0.4, -0.2) is 32.5 Å². The van der Waals surface area contributed by atoms with Gasteiger partial charge < -0.3 is 13.7 Å². The van der Waals surface area contributed by atoms with Crippen LogP contribution in [0.5, 0.6) is 5.75 Å². The fraction of sp³-hybridized carbons (Fsp3) is 0.611. The number of benzene rings is 1. The lowest BCUT2D eigenvalue weighted by molar-refractivity contribution is -0.140. The van der Waals surface area contributed by atoms with Gasteiger partial charge in [0.2, 0.25) is 0 Å². The number of ether oxygens (including phenoxy) is 2. The van der Waals surface area contributed by atoms with Crippen LogP contribution >= 0.6 is 12.0 Å². The molecule has 0 aromatic heterocycles. The third-order valence-corrected chi connectivity index (χ3v) is 3.36. The molecule has 0 spiro atoms. The first-order valence-corrected chi connectivity index (χ1v) is 9.11. The minimum Gasteiger partial charge on any atom is -0.497 e. The zero-order valence-corrected chi connectivity index (χ0v) is 16.4. The number of carbonyl (C=O) groups is 1. The van der Waals surface area contributed by atoms with Crippen LogP contribution in [0.4, 0.5) is 0 Å². The molecule has 0 bridgehead atoms. The van der Waals surface area contributed by atoms with Crippen LogP contribution in [0.15, 0.2) is 24.3 Å². The summed E-state index contributed by atoms with van der Waals surface area (Å²) in [5, 5.41) is 0. The highest BCUT2D eigenvalue weighted by molar-refractivity contribution is 7.93. The Morgan fingerprint density at radius 1 is 1.17 bits per heavy atom. The van der Waals surface area contributed by atoms with E-state index in [0.717, 1.165) is 17.7 Å². The molecule has 0 saturated heterocycles. The van der Waals surface area contributed by atoms with Crippen LogP contribution in [0.1, 0.15) is 46.1 Å². The van der Waals surface area contributed by atoms with E-state index in [0.29, 0.717) is 18.9 Å². The third kappa shape index (κ3) is 14.1. The van der Waals surface area contributed by atoms with Crippen molar-refractivity contribution in [1.82, 2.24) is 0 Å². The number of hydrogen-bond acceptors (Lipinski definition) is 5. The van der Waals surface area contributed by atoms with E-state index in [2.05, 4.69) is 18.6 Å². The minimum absolute atomic E-state index is 0.180. The molecule has 1 aromatic carbocycles. The Balaban J connectivity index is 0. The maximum absolute atomic E-state index is 10.9. The van der Waals surface area contributed by atoms with Gasteiger partial charge in [-0.05, 0) is 49.5 Å². The molecule has 0 aliphatic heterocycles. The highest BCUT2D eigenvalue weighted by Gasteiger charge is 2.01. The van der Waals surface area contributed by atoms with Crippen LogP contribution < -0.4 is 4.74 Å². The number of rotatable bonds is 7. The van der Waals surface area contributed by atoms with Crippen LogP contribution in [0.3, 0.4) is 0 Å². The molecular weight excluding hydrogens is 312 g/mol. The molecule has 5 heteroatoms. The Morgan fingerprint density at radius 3 is 2.09 bits per heavy atom. The van der Waals surface area contributed by atoms with Crippen LogP contribution in [0.25, 0.3) is 0 Å². The topological polar surface area (TPSA) is 44.8 Å². The lowest BCUT2D eigenvalue weighted by Crippen LogP contribution is -2.01. The minimum atomic E-state index is -0.180. The predicted octanol–water partition coefficient (Wildman–Crippen LogP) is 4.91. The van der Waals surface area contributed by atoms with Gasteiger partial charge in [0.25, 0.3) is 0 Å². The molecule has 0 saturated carbocycles. The number of carbonyl (C=O) groups excluding carboxylic acids is 1. The Labute approximate surface area is 146 Å². The standard InChI is InChI=1S/C11H14O3.C5H12OS.C2H6/c1-13-10-6-3-9(4-7-10)5-8-11(12)14-2;1-4-5(2)6-7-3;1-2/h3-4,6-7H,5,8H2,1-2H3;5H,4H2,1-3H3;1-2H3. The van der Waals surface area contributed by atoms with E-state index < -0.39 is 0 Å². The van der Waals surface area contributed by atoms with Gasteiger partial charge in [-0.25, -0.2) is 0 Å². The van der Waals surface area contributed by atoms with Crippen molar-refractivity contribution in [2.75, 3.05) is 20.5 Å². The second-order valence-corrected chi connectivity index (χ2v) is 4.93. The average molecular weight is 345 g/mol. The summed E-state index contributed by atoms with van der Waals surface area (Å²) in [7, 11) is 3.03. The van der Waals surface area contributed by atoms with E-state index in [9.17, 15) is 4.79 Å². The van der Waals surface area contributed by atoms with Gasteiger partial charge in [-0.15, -0.1) is 0 Å². The van der Waals surface area contributed by atoms with Gasteiger partial charge in [0, 0.05) is 12.7 Å². The monoisotopic (exact) mass is 344 g/mol. The number of esters is 1. The lowest BCUT2D eigenvalue weighted by atomic mass is 10.1. The third-order valence-electron chi connectivity index (χ3n) is 2.84. The summed E-state index contributed by atoms with van der Waals surface area (Å²) in [6, 6.07) is 7.66. The molecule has 0 fully saturated rings. The Morgan fingerprint density at radius 2 is 1.74 bits per heavy atom. The Bertz CT molecular complexity index is 379. The summed E-state index contributed by atoms with van der Waals surface area (Å²) in [6.07, 6.45) is 4.57. The molecule has 0 heterocycles. The largest absolute Gasteiger partial charge is 0.497 e. The molecule has 23 heavy (non-hydrogen) atoms. The van der Waals surface area contributed by atoms with Crippen molar-refractivity contribution in [1.29, 1.82) is 0 Å².